The van der Waals surface area contributed by atoms with Crippen molar-refractivity contribution in [3.8, 4) is 0 Å². The van der Waals surface area contributed by atoms with Crippen molar-refractivity contribution in [2.45, 2.75) is 68.0 Å². The van der Waals surface area contributed by atoms with Crippen LogP contribution < -0.4 is 0 Å². The number of hydrogen-bond donors (Lipinski definition) is 0. The zero-order valence-corrected chi connectivity index (χ0v) is 42.5. The molecular formula is C62H54O17. The zero-order chi connectivity index (χ0) is 54.9. The molecule has 0 unspecified atom stereocenters. The van der Waals surface area contributed by atoms with Crippen molar-refractivity contribution >= 4 is 35.8 Å². The van der Waals surface area contributed by atoms with Gasteiger partial charge < -0.3 is 52.1 Å². The Kier molecular flexibility index (Phi) is 18.7. The van der Waals surface area contributed by atoms with E-state index in [1.807, 2.05) is 30.3 Å². The van der Waals surface area contributed by atoms with Crippen molar-refractivity contribution in [2.75, 3.05) is 20.3 Å². The molecule has 10 atom stereocenters. The highest BCUT2D eigenvalue weighted by Crippen LogP contribution is 2.37. The van der Waals surface area contributed by atoms with E-state index in [0.29, 0.717) is 0 Å². The normalized spacial score (nSPS) is 22.5. The van der Waals surface area contributed by atoms with Crippen molar-refractivity contribution in [3.63, 3.8) is 0 Å². The van der Waals surface area contributed by atoms with Crippen LogP contribution in [-0.2, 0) is 58.7 Å². The minimum Gasteiger partial charge on any atom is -0.459 e. The highest BCUT2D eigenvalue weighted by Gasteiger charge is 2.58. The Hall–Kier alpha value is -8.84. The summed E-state index contributed by atoms with van der Waals surface area (Å²) < 4.78 is 69.9. The number of esters is 6. The van der Waals surface area contributed by atoms with Crippen LogP contribution in [0.4, 0.5) is 0 Å². The Morgan fingerprint density at radius 2 is 0.646 bits per heavy atom. The van der Waals surface area contributed by atoms with Crippen LogP contribution in [0.1, 0.15) is 67.7 Å². The van der Waals surface area contributed by atoms with Crippen LogP contribution in [0, 0.1) is 0 Å². The van der Waals surface area contributed by atoms with E-state index in [1.165, 1.54) is 79.9 Å². The van der Waals surface area contributed by atoms with E-state index in [-0.39, 0.29) is 46.6 Å². The first kappa shape index (κ1) is 54.9. The summed E-state index contributed by atoms with van der Waals surface area (Å²) in [6, 6.07) is 56.9. The van der Waals surface area contributed by atoms with E-state index >= 15 is 0 Å². The van der Waals surface area contributed by atoms with Crippen LogP contribution in [0.15, 0.2) is 212 Å². The minimum absolute atomic E-state index is 0.0461. The van der Waals surface area contributed by atoms with E-state index in [2.05, 4.69) is 0 Å². The van der Waals surface area contributed by atoms with E-state index in [1.54, 1.807) is 109 Å². The standard InChI is InChI=1S/C62H54O17/c1-69-61-53(77-59(67)45-33-19-7-20-34-45)52(76-58(66)44-31-17-6-18-32-44)50(47(72-61)38-70-37-40-23-9-2-10-24-40)79-62-54(78-60(68)46-35-21-8-22-36-46)51(75-57(65)43-29-15-5-16-30-43)49(74-56(64)42-27-13-4-14-28-42)48(73-62)39-71-55(63)41-25-11-3-12-26-41/h2-36,47-54,61-62H,37-39H2,1H3/t47-,48-,49+,50-,51+,52+,53-,54-,61+,62+/m1/s1. The average Bonchev–Trinajstić information content (AvgIpc) is 3.50. The summed E-state index contributed by atoms with van der Waals surface area (Å²) in [7, 11) is 1.31. The van der Waals surface area contributed by atoms with Crippen LogP contribution >= 0.6 is 0 Å². The number of carbonyl (C=O) groups excluding carboxylic acids is 6. The summed E-state index contributed by atoms with van der Waals surface area (Å²) in [6.07, 6.45) is -16.7. The largest absolute Gasteiger partial charge is 0.459 e. The summed E-state index contributed by atoms with van der Waals surface area (Å²) in [4.78, 5) is 85.5. The van der Waals surface area contributed by atoms with Gasteiger partial charge in [0.2, 0.25) is 0 Å². The van der Waals surface area contributed by atoms with Gasteiger partial charge in [-0.1, -0.05) is 140 Å². The van der Waals surface area contributed by atoms with Crippen molar-refractivity contribution in [1.29, 1.82) is 0 Å². The number of methoxy groups -OCH3 is 1. The van der Waals surface area contributed by atoms with Crippen molar-refractivity contribution in [2.24, 2.45) is 0 Å². The van der Waals surface area contributed by atoms with Crippen molar-refractivity contribution in [1.82, 2.24) is 0 Å². The molecule has 0 amide bonds. The lowest BCUT2D eigenvalue weighted by Gasteiger charge is -2.48. The summed E-state index contributed by atoms with van der Waals surface area (Å²) in [6.45, 7) is -0.926. The van der Waals surface area contributed by atoms with E-state index in [9.17, 15) is 28.8 Å². The van der Waals surface area contributed by atoms with Gasteiger partial charge in [-0.3, -0.25) is 0 Å². The third-order valence-electron chi connectivity index (χ3n) is 12.8. The van der Waals surface area contributed by atoms with Gasteiger partial charge >= 0.3 is 35.8 Å². The maximum absolute atomic E-state index is 14.5. The first-order chi connectivity index (χ1) is 38.6. The molecule has 0 saturated carbocycles. The molecule has 2 heterocycles. The van der Waals surface area contributed by atoms with Gasteiger partial charge in [0, 0.05) is 7.11 Å². The molecule has 7 aromatic rings. The molecule has 404 valence electrons. The lowest BCUT2D eigenvalue weighted by molar-refractivity contribution is -0.355. The van der Waals surface area contributed by atoms with Crippen LogP contribution in [0.2, 0.25) is 0 Å². The van der Waals surface area contributed by atoms with Crippen molar-refractivity contribution in [3.05, 3.63) is 251 Å². The Morgan fingerprint density at radius 3 is 1.04 bits per heavy atom. The maximum Gasteiger partial charge on any atom is 0.338 e. The van der Waals surface area contributed by atoms with Crippen LogP contribution in [0.25, 0.3) is 0 Å². The molecule has 17 heteroatoms. The quantitative estimate of drug-likeness (QED) is 0.0517. The van der Waals surface area contributed by atoms with Crippen LogP contribution in [-0.4, -0.2) is 118 Å². The second kappa shape index (κ2) is 27.0. The summed E-state index contributed by atoms with van der Waals surface area (Å²) >= 11 is 0. The van der Waals surface area contributed by atoms with Crippen LogP contribution in [0.3, 0.4) is 0 Å². The van der Waals surface area contributed by atoms with Gasteiger partial charge in [-0.15, -0.1) is 0 Å². The number of ether oxygens (including phenoxy) is 11. The molecule has 0 aromatic heterocycles. The fourth-order valence-electron chi connectivity index (χ4n) is 8.82. The van der Waals surface area contributed by atoms with Gasteiger partial charge in [0.25, 0.3) is 0 Å². The van der Waals surface area contributed by atoms with Crippen LogP contribution in [0.5, 0.6) is 0 Å². The molecule has 2 aliphatic heterocycles. The molecule has 2 saturated heterocycles. The maximum atomic E-state index is 14.5. The number of benzene rings is 7. The van der Waals surface area contributed by atoms with E-state index in [0.717, 1.165) is 5.56 Å². The third kappa shape index (κ3) is 14.2. The van der Waals surface area contributed by atoms with Gasteiger partial charge in [0.1, 0.15) is 24.9 Å². The molecule has 79 heavy (non-hydrogen) atoms. The molecule has 0 radical (unpaired) electrons. The number of hydrogen-bond acceptors (Lipinski definition) is 17. The third-order valence-corrected chi connectivity index (χ3v) is 12.8. The lowest BCUT2D eigenvalue weighted by Crippen LogP contribution is -2.67. The molecule has 0 aliphatic carbocycles. The molecular weight excluding hydrogens is 1020 g/mol. The summed E-state index contributed by atoms with van der Waals surface area (Å²) in [5.41, 5.74) is 1.36. The second-order valence-corrected chi connectivity index (χ2v) is 18.1. The first-order valence-corrected chi connectivity index (χ1v) is 25.3. The predicted molar refractivity (Wildman–Crippen MR) is 280 cm³/mol. The van der Waals surface area contributed by atoms with E-state index in [4.69, 9.17) is 52.1 Å². The summed E-state index contributed by atoms with van der Waals surface area (Å²) in [5.74, 6) is -5.37. The zero-order valence-electron chi connectivity index (χ0n) is 42.5. The molecule has 2 fully saturated rings. The molecule has 9 rings (SSSR count). The highest BCUT2D eigenvalue weighted by atomic mass is 16.8. The Labute approximate surface area is 454 Å². The van der Waals surface area contributed by atoms with Gasteiger partial charge in [0.05, 0.1) is 46.6 Å². The number of rotatable bonds is 20. The number of carbonyl (C=O) groups is 6. The monoisotopic (exact) mass is 1070 g/mol. The Balaban J connectivity index is 1.18. The second-order valence-electron chi connectivity index (χ2n) is 18.1. The SMILES string of the molecule is CO[C@H]1O[C@H](COCc2ccccc2)[C@@H](O[C@@H]2O[C@H](COC(=O)c3ccccc3)[C@H](OC(=O)c3ccccc3)[C@H](OC(=O)c3ccccc3)[C@H]2OC(=O)c2ccccc2)[C@H](OC(=O)c2ccccc2)[C@H]1OC(=O)c1ccccc1. The Bertz CT molecular complexity index is 3100. The molecule has 0 spiro atoms. The molecule has 2 aliphatic rings. The summed E-state index contributed by atoms with van der Waals surface area (Å²) in [5, 5.41) is 0. The lowest BCUT2D eigenvalue weighted by atomic mass is 9.95. The highest BCUT2D eigenvalue weighted by molar-refractivity contribution is 5.92. The average molecular weight is 1070 g/mol. The molecule has 0 bridgehead atoms. The Morgan fingerprint density at radius 1 is 0.342 bits per heavy atom. The molecule has 0 N–H and O–H groups in total. The fourth-order valence-corrected chi connectivity index (χ4v) is 8.82. The van der Waals surface area contributed by atoms with Gasteiger partial charge in [-0.25, -0.2) is 28.8 Å². The molecule has 7 aromatic carbocycles. The molecule has 17 nitrogen and oxygen atoms in total. The van der Waals surface area contributed by atoms with Gasteiger partial charge in [-0.2, -0.15) is 0 Å². The van der Waals surface area contributed by atoms with Gasteiger partial charge in [-0.05, 0) is 78.4 Å². The topological polar surface area (TPSA) is 204 Å². The van der Waals surface area contributed by atoms with Crippen molar-refractivity contribution < 1.29 is 80.9 Å². The smallest absolute Gasteiger partial charge is 0.338 e. The minimum atomic E-state index is -1.94. The fraction of sp³-hybridized carbons (Fsp3) is 0.226. The van der Waals surface area contributed by atoms with Gasteiger partial charge in [0.15, 0.2) is 43.1 Å². The first-order valence-electron chi connectivity index (χ1n) is 25.3. The predicted octanol–water partition coefficient (Wildman–Crippen LogP) is 8.67. The van der Waals surface area contributed by atoms with E-state index < -0.39 is 104 Å².